The normalized spacial score (nSPS) is 20.7. The van der Waals surface area contributed by atoms with Gasteiger partial charge in [0.05, 0.1) is 13.2 Å². The van der Waals surface area contributed by atoms with Gasteiger partial charge in [-0.25, -0.2) is 0 Å². The van der Waals surface area contributed by atoms with Gasteiger partial charge in [-0.3, -0.25) is 14.4 Å². The van der Waals surface area contributed by atoms with Crippen molar-refractivity contribution in [3.63, 3.8) is 0 Å². The third kappa shape index (κ3) is 4.99. The lowest BCUT2D eigenvalue weighted by Gasteiger charge is -2.28. The Balaban J connectivity index is 1.56. The number of benzene rings is 2. The summed E-state index contributed by atoms with van der Waals surface area (Å²) in [5, 5.41) is 2.93. The summed E-state index contributed by atoms with van der Waals surface area (Å²) in [7, 11) is 1.59. The Morgan fingerprint density at radius 2 is 1.79 bits per heavy atom. The molecule has 4 rings (SSSR count). The SMILES string of the molecule is COc1ccc(C[C@H](NC(=O)c2ccc(C(C)(C)C)cc2)C(=O)N2CC[C@H]3OCC(=O)[C@H]32)cc1. The molecule has 2 aliphatic heterocycles. The maximum Gasteiger partial charge on any atom is 0.251 e. The lowest BCUT2D eigenvalue weighted by molar-refractivity contribution is -0.138. The third-order valence-electron chi connectivity index (χ3n) is 6.61. The summed E-state index contributed by atoms with van der Waals surface area (Å²) in [4.78, 5) is 40.7. The Bertz CT molecular complexity index is 1060. The number of hydrogen-bond acceptors (Lipinski definition) is 5. The Hall–Kier alpha value is -3.19. The van der Waals surface area contributed by atoms with E-state index in [-0.39, 0.29) is 35.7 Å². The Labute approximate surface area is 200 Å². The predicted molar refractivity (Wildman–Crippen MR) is 128 cm³/mol. The minimum atomic E-state index is -0.810. The van der Waals surface area contributed by atoms with Crippen LogP contribution in [0.2, 0.25) is 0 Å². The van der Waals surface area contributed by atoms with Gasteiger partial charge in [-0.05, 0) is 47.2 Å². The van der Waals surface area contributed by atoms with Crippen LogP contribution >= 0.6 is 0 Å². The number of fused-ring (bicyclic) bond motifs is 1. The third-order valence-corrected chi connectivity index (χ3v) is 6.61. The molecule has 0 unspecified atom stereocenters. The van der Waals surface area contributed by atoms with Gasteiger partial charge in [-0.15, -0.1) is 0 Å². The summed E-state index contributed by atoms with van der Waals surface area (Å²) in [5.41, 5.74) is 2.47. The number of ether oxygens (including phenoxy) is 2. The lowest BCUT2D eigenvalue weighted by atomic mass is 9.86. The highest BCUT2D eigenvalue weighted by atomic mass is 16.5. The number of likely N-dealkylation sites (tertiary alicyclic amines) is 1. The van der Waals surface area contributed by atoms with E-state index < -0.39 is 12.1 Å². The Morgan fingerprint density at radius 3 is 2.41 bits per heavy atom. The van der Waals surface area contributed by atoms with Crippen molar-refractivity contribution in [3.05, 3.63) is 65.2 Å². The van der Waals surface area contributed by atoms with Crippen LogP contribution in [0.1, 0.15) is 48.7 Å². The van der Waals surface area contributed by atoms with Gasteiger partial charge in [-0.2, -0.15) is 0 Å². The van der Waals surface area contributed by atoms with Crippen LogP contribution in [0.4, 0.5) is 0 Å². The van der Waals surface area contributed by atoms with E-state index in [1.807, 2.05) is 36.4 Å². The standard InChI is InChI=1S/C27H32N2O5/c1-27(2,3)19-9-7-18(8-10-19)25(31)28-21(15-17-5-11-20(33-4)12-6-17)26(32)29-14-13-23-24(29)22(30)16-34-23/h5-12,21,23-24H,13-16H2,1-4H3,(H,28,31)/t21-,23+,24+/m0/s1. The monoisotopic (exact) mass is 464 g/mol. The molecule has 2 saturated heterocycles. The highest BCUT2D eigenvalue weighted by Gasteiger charge is 2.48. The first-order valence-electron chi connectivity index (χ1n) is 11.7. The van der Waals surface area contributed by atoms with Crippen molar-refractivity contribution in [2.75, 3.05) is 20.3 Å². The second-order valence-electron chi connectivity index (χ2n) is 9.99. The molecule has 0 spiro atoms. The number of nitrogens with one attached hydrogen (secondary N) is 1. The molecule has 34 heavy (non-hydrogen) atoms. The van der Waals surface area contributed by atoms with Crippen molar-refractivity contribution in [1.82, 2.24) is 10.2 Å². The maximum absolute atomic E-state index is 13.6. The van der Waals surface area contributed by atoms with E-state index >= 15 is 0 Å². The zero-order chi connectivity index (χ0) is 24.5. The van der Waals surface area contributed by atoms with E-state index in [1.165, 1.54) is 0 Å². The molecule has 2 aromatic rings. The van der Waals surface area contributed by atoms with Crippen LogP contribution in [0.15, 0.2) is 48.5 Å². The number of amides is 2. The largest absolute Gasteiger partial charge is 0.497 e. The fourth-order valence-electron chi connectivity index (χ4n) is 4.60. The summed E-state index contributed by atoms with van der Waals surface area (Å²) >= 11 is 0. The second kappa shape index (κ2) is 9.58. The summed E-state index contributed by atoms with van der Waals surface area (Å²) in [6.45, 7) is 6.82. The number of ketones is 1. The van der Waals surface area contributed by atoms with Crippen molar-refractivity contribution in [1.29, 1.82) is 0 Å². The molecule has 2 aromatic carbocycles. The van der Waals surface area contributed by atoms with Gasteiger partial charge in [0, 0.05) is 18.5 Å². The van der Waals surface area contributed by atoms with Gasteiger partial charge in [0.1, 0.15) is 24.4 Å². The first-order valence-corrected chi connectivity index (χ1v) is 11.7. The van der Waals surface area contributed by atoms with Gasteiger partial charge in [0.2, 0.25) is 5.91 Å². The van der Waals surface area contributed by atoms with Gasteiger partial charge < -0.3 is 19.7 Å². The van der Waals surface area contributed by atoms with E-state index in [0.717, 1.165) is 11.1 Å². The predicted octanol–water partition coefficient (Wildman–Crippen LogP) is 2.90. The molecule has 0 bridgehead atoms. The van der Waals surface area contributed by atoms with Gasteiger partial charge in [-0.1, -0.05) is 45.0 Å². The van der Waals surface area contributed by atoms with E-state index in [9.17, 15) is 14.4 Å². The molecular weight excluding hydrogens is 432 g/mol. The van der Waals surface area contributed by atoms with E-state index in [1.54, 1.807) is 24.1 Å². The lowest BCUT2D eigenvalue weighted by Crippen LogP contribution is -2.53. The summed E-state index contributed by atoms with van der Waals surface area (Å²) in [5.74, 6) is 0.0488. The molecule has 3 atom stereocenters. The number of carbonyl (C=O) groups is 3. The molecule has 0 radical (unpaired) electrons. The van der Waals surface area contributed by atoms with Crippen molar-refractivity contribution >= 4 is 17.6 Å². The van der Waals surface area contributed by atoms with Crippen LogP contribution in [0.5, 0.6) is 5.75 Å². The smallest absolute Gasteiger partial charge is 0.251 e. The minimum Gasteiger partial charge on any atom is -0.497 e. The first kappa shape index (κ1) is 24.0. The van der Waals surface area contributed by atoms with Gasteiger partial charge >= 0.3 is 0 Å². The highest BCUT2D eigenvalue weighted by molar-refractivity contribution is 5.99. The molecule has 7 nitrogen and oxygen atoms in total. The molecule has 1 N–H and O–H groups in total. The number of nitrogens with zero attached hydrogens (tertiary/aromatic N) is 1. The zero-order valence-corrected chi connectivity index (χ0v) is 20.2. The number of methoxy groups -OCH3 is 1. The molecule has 2 aliphatic rings. The van der Waals surface area contributed by atoms with Gasteiger partial charge in [0.15, 0.2) is 5.78 Å². The quantitative estimate of drug-likeness (QED) is 0.711. The fourth-order valence-corrected chi connectivity index (χ4v) is 4.60. The van der Waals surface area contributed by atoms with Gasteiger partial charge in [0.25, 0.3) is 5.91 Å². The molecule has 180 valence electrons. The summed E-state index contributed by atoms with van der Waals surface area (Å²) < 4.78 is 10.8. The fraction of sp³-hybridized carbons (Fsp3) is 0.444. The van der Waals surface area contributed by atoms with Crippen LogP contribution in [0.3, 0.4) is 0 Å². The van der Waals surface area contributed by atoms with Crippen molar-refractivity contribution < 1.29 is 23.9 Å². The Morgan fingerprint density at radius 1 is 1.12 bits per heavy atom. The van der Waals surface area contributed by atoms with Crippen molar-refractivity contribution in [2.45, 2.75) is 57.2 Å². The first-order chi connectivity index (χ1) is 16.2. The Kier molecular flexibility index (Phi) is 6.75. The zero-order valence-electron chi connectivity index (χ0n) is 20.2. The van der Waals surface area contributed by atoms with Crippen LogP contribution in [-0.4, -0.2) is 60.9 Å². The highest BCUT2D eigenvalue weighted by Crippen LogP contribution is 2.28. The van der Waals surface area contributed by atoms with Crippen LogP contribution in [0, 0.1) is 0 Å². The molecule has 7 heteroatoms. The van der Waals surface area contributed by atoms with Crippen LogP contribution in [-0.2, 0) is 26.2 Å². The molecular formula is C27H32N2O5. The molecule has 2 amide bonds. The molecule has 2 heterocycles. The molecule has 2 fully saturated rings. The number of Topliss-reactive ketones (excluding diaryl/α,β-unsaturated/α-hetero) is 1. The summed E-state index contributed by atoms with van der Waals surface area (Å²) in [6.07, 6.45) is 0.677. The van der Waals surface area contributed by atoms with E-state index in [0.29, 0.717) is 30.7 Å². The van der Waals surface area contributed by atoms with Crippen molar-refractivity contribution in [2.24, 2.45) is 0 Å². The van der Waals surface area contributed by atoms with Crippen LogP contribution < -0.4 is 10.1 Å². The topological polar surface area (TPSA) is 84.9 Å². The molecule has 0 aliphatic carbocycles. The number of hydrogen-bond donors (Lipinski definition) is 1. The number of carbonyl (C=O) groups excluding carboxylic acids is 3. The minimum absolute atomic E-state index is 0.0238. The molecule has 0 aromatic heterocycles. The summed E-state index contributed by atoms with van der Waals surface area (Å²) in [6, 6.07) is 13.5. The average Bonchev–Trinajstić information content (AvgIpc) is 3.41. The van der Waals surface area contributed by atoms with Crippen molar-refractivity contribution in [3.8, 4) is 5.75 Å². The van der Waals surface area contributed by atoms with E-state index in [2.05, 4.69) is 26.1 Å². The van der Waals surface area contributed by atoms with Crippen LogP contribution in [0.25, 0.3) is 0 Å². The average molecular weight is 465 g/mol. The maximum atomic E-state index is 13.6. The number of rotatable bonds is 6. The second-order valence-corrected chi connectivity index (χ2v) is 9.99. The van der Waals surface area contributed by atoms with E-state index in [4.69, 9.17) is 9.47 Å². The molecule has 0 saturated carbocycles.